The molecule has 24 heavy (non-hydrogen) atoms. The zero-order chi connectivity index (χ0) is 17.3. The summed E-state index contributed by atoms with van der Waals surface area (Å²) in [5, 5.41) is 19.1. The smallest absolute Gasteiger partial charge is 0.165 e. The topological polar surface area (TPSA) is 63.4 Å². The van der Waals surface area contributed by atoms with Crippen molar-refractivity contribution in [3.05, 3.63) is 41.5 Å². The van der Waals surface area contributed by atoms with Crippen LogP contribution in [-0.2, 0) is 12.1 Å². The number of methoxy groups -OCH3 is 1. The third kappa shape index (κ3) is 3.27. The van der Waals surface area contributed by atoms with Crippen LogP contribution >= 0.6 is 0 Å². The number of ether oxygens (including phenoxy) is 1. The number of hydrogen-bond donors (Lipinski definition) is 1. The molecular formula is C17H23FN4O2. The molecule has 0 unspecified atom stereocenters. The summed E-state index contributed by atoms with van der Waals surface area (Å²) >= 11 is 0. The third-order valence-corrected chi connectivity index (χ3v) is 4.47. The van der Waals surface area contributed by atoms with Crippen molar-refractivity contribution < 1.29 is 14.2 Å². The maximum Gasteiger partial charge on any atom is 0.165 e. The molecule has 3 rings (SSSR count). The summed E-state index contributed by atoms with van der Waals surface area (Å²) in [5.41, 5.74) is 0.445. The molecule has 1 aliphatic rings. The second kappa shape index (κ2) is 6.49. The molecule has 2 heterocycles. The van der Waals surface area contributed by atoms with Crippen LogP contribution < -0.4 is 4.74 Å². The number of hydrogen-bond acceptors (Lipinski definition) is 5. The number of aromatic nitrogens is 3. The Kier molecular flexibility index (Phi) is 4.56. The predicted octanol–water partition coefficient (Wildman–Crippen LogP) is 2.10. The summed E-state index contributed by atoms with van der Waals surface area (Å²) in [6.07, 6.45) is 2.39. The SMILES string of the molecule is COc1ccc(CN2CC[C@](O)(c3cn(C(C)C)nn3)C2)cc1F. The lowest BCUT2D eigenvalue weighted by molar-refractivity contribution is 0.0408. The van der Waals surface area contributed by atoms with E-state index in [1.165, 1.54) is 13.2 Å². The van der Waals surface area contributed by atoms with Gasteiger partial charge in [-0.2, -0.15) is 0 Å². The zero-order valence-electron chi connectivity index (χ0n) is 14.2. The Bertz CT molecular complexity index is 718. The van der Waals surface area contributed by atoms with Gasteiger partial charge in [0.15, 0.2) is 11.6 Å². The number of benzene rings is 1. The summed E-state index contributed by atoms with van der Waals surface area (Å²) in [7, 11) is 1.45. The fourth-order valence-corrected chi connectivity index (χ4v) is 3.02. The van der Waals surface area contributed by atoms with Gasteiger partial charge in [0, 0.05) is 25.7 Å². The minimum Gasteiger partial charge on any atom is -0.494 e. The second-order valence-electron chi connectivity index (χ2n) is 6.64. The maximum atomic E-state index is 13.8. The van der Waals surface area contributed by atoms with E-state index in [1.807, 2.05) is 19.9 Å². The first kappa shape index (κ1) is 16.9. The molecule has 0 saturated carbocycles. The molecule has 0 radical (unpaired) electrons. The van der Waals surface area contributed by atoms with Crippen LogP contribution in [0.4, 0.5) is 4.39 Å². The van der Waals surface area contributed by atoms with Crippen LogP contribution in [0.15, 0.2) is 24.4 Å². The Morgan fingerprint density at radius 1 is 1.42 bits per heavy atom. The molecule has 7 heteroatoms. The molecule has 1 fully saturated rings. The summed E-state index contributed by atoms with van der Waals surface area (Å²) in [6, 6.07) is 5.15. The van der Waals surface area contributed by atoms with Crippen molar-refractivity contribution in [2.24, 2.45) is 0 Å². The minimum absolute atomic E-state index is 0.203. The van der Waals surface area contributed by atoms with Crippen molar-refractivity contribution in [3.63, 3.8) is 0 Å². The van der Waals surface area contributed by atoms with E-state index in [0.29, 0.717) is 25.2 Å². The lowest BCUT2D eigenvalue weighted by Gasteiger charge is -2.21. The van der Waals surface area contributed by atoms with Crippen LogP contribution in [0, 0.1) is 5.82 Å². The highest BCUT2D eigenvalue weighted by Crippen LogP contribution is 2.32. The summed E-state index contributed by atoms with van der Waals surface area (Å²) < 4.78 is 20.5. The standard InChI is InChI=1S/C17H23FN4O2/c1-12(2)22-10-16(19-20-22)17(23)6-7-21(11-17)9-13-4-5-15(24-3)14(18)8-13/h4-5,8,10,12,23H,6-7,9,11H2,1-3H3/t17-/m1/s1. The van der Waals surface area contributed by atoms with Crippen LogP contribution in [-0.4, -0.2) is 45.2 Å². The van der Waals surface area contributed by atoms with E-state index >= 15 is 0 Å². The minimum atomic E-state index is -1.00. The van der Waals surface area contributed by atoms with Gasteiger partial charge >= 0.3 is 0 Å². The summed E-state index contributed by atoms with van der Waals surface area (Å²) in [4.78, 5) is 2.09. The van der Waals surface area contributed by atoms with Crippen molar-refractivity contribution in [1.82, 2.24) is 19.9 Å². The van der Waals surface area contributed by atoms with E-state index in [1.54, 1.807) is 16.9 Å². The second-order valence-corrected chi connectivity index (χ2v) is 6.64. The average Bonchev–Trinajstić information content (AvgIpc) is 3.16. The number of β-amino-alcohol motifs (C(OH)–C–C–N with tert-alkyl or cyclic N) is 1. The lowest BCUT2D eigenvalue weighted by Crippen LogP contribution is -2.31. The highest BCUT2D eigenvalue weighted by molar-refractivity contribution is 5.29. The molecule has 0 amide bonds. The zero-order valence-corrected chi connectivity index (χ0v) is 14.2. The van der Waals surface area contributed by atoms with Gasteiger partial charge in [0.05, 0.1) is 13.3 Å². The Labute approximate surface area is 140 Å². The Balaban J connectivity index is 1.69. The molecule has 1 saturated heterocycles. The van der Waals surface area contributed by atoms with Gasteiger partial charge in [0.2, 0.25) is 0 Å². The number of nitrogens with zero attached hydrogens (tertiary/aromatic N) is 4. The van der Waals surface area contributed by atoms with Crippen LogP contribution in [0.25, 0.3) is 0 Å². The van der Waals surface area contributed by atoms with Crippen LogP contribution in [0.5, 0.6) is 5.75 Å². The highest BCUT2D eigenvalue weighted by atomic mass is 19.1. The van der Waals surface area contributed by atoms with E-state index in [0.717, 1.165) is 12.1 Å². The normalized spacial score (nSPS) is 21.6. The number of likely N-dealkylation sites (tertiary alicyclic amines) is 1. The van der Waals surface area contributed by atoms with Crippen molar-refractivity contribution in [1.29, 1.82) is 0 Å². The van der Waals surface area contributed by atoms with E-state index in [2.05, 4.69) is 15.2 Å². The Morgan fingerprint density at radius 3 is 2.83 bits per heavy atom. The number of halogens is 1. The molecule has 2 aromatic rings. The van der Waals surface area contributed by atoms with Crippen molar-refractivity contribution in [3.8, 4) is 5.75 Å². The molecule has 0 aliphatic carbocycles. The maximum absolute atomic E-state index is 13.8. The van der Waals surface area contributed by atoms with Gasteiger partial charge in [-0.05, 0) is 38.0 Å². The van der Waals surface area contributed by atoms with E-state index in [-0.39, 0.29) is 17.6 Å². The van der Waals surface area contributed by atoms with Crippen LogP contribution in [0.2, 0.25) is 0 Å². The molecule has 1 atom stereocenters. The molecule has 0 bridgehead atoms. The van der Waals surface area contributed by atoms with Crippen molar-refractivity contribution >= 4 is 0 Å². The molecule has 130 valence electrons. The van der Waals surface area contributed by atoms with Crippen molar-refractivity contribution in [2.75, 3.05) is 20.2 Å². The first-order valence-corrected chi connectivity index (χ1v) is 8.11. The third-order valence-electron chi connectivity index (χ3n) is 4.47. The predicted molar refractivity (Wildman–Crippen MR) is 87.1 cm³/mol. The van der Waals surface area contributed by atoms with Gasteiger partial charge in [-0.25, -0.2) is 9.07 Å². The first-order valence-electron chi connectivity index (χ1n) is 8.11. The largest absolute Gasteiger partial charge is 0.494 e. The highest BCUT2D eigenvalue weighted by Gasteiger charge is 2.40. The molecule has 1 N–H and O–H groups in total. The molecular weight excluding hydrogens is 311 g/mol. The van der Waals surface area contributed by atoms with Gasteiger partial charge in [0.25, 0.3) is 0 Å². The average molecular weight is 334 g/mol. The fraction of sp³-hybridized carbons (Fsp3) is 0.529. The molecule has 1 aromatic heterocycles. The molecule has 1 aliphatic heterocycles. The molecule has 0 spiro atoms. The monoisotopic (exact) mass is 334 g/mol. The summed E-state index contributed by atoms with van der Waals surface area (Å²) in [5.74, 6) is -0.133. The summed E-state index contributed by atoms with van der Waals surface area (Å²) in [6.45, 7) is 5.78. The van der Waals surface area contributed by atoms with Gasteiger partial charge in [-0.3, -0.25) is 4.90 Å². The fourth-order valence-electron chi connectivity index (χ4n) is 3.02. The Morgan fingerprint density at radius 2 is 2.21 bits per heavy atom. The van der Waals surface area contributed by atoms with Gasteiger partial charge in [-0.15, -0.1) is 5.10 Å². The molecule has 6 nitrogen and oxygen atoms in total. The number of rotatable bonds is 5. The van der Waals surface area contributed by atoms with Gasteiger partial charge < -0.3 is 9.84 Å². The Hall–Kier alpha value is -1.99. The quantitative estimate of drug-likeness (QED) is 0.907. The van der Waals surface area contributed by atoms with Gasteiger partial charge in [-0.1, -0.05) is 11.3 Å². The van der Waals surface area contributed by atoms with Crippen LogP contribution in [0.1, 0.15) is 37.6 Å². The van der Waals surface area contributed by atoms with Gasteiger partial charge in [0.1, 0.15) is 11.3 Å². The van der Waals surface area contributed by atoms with Crippen molar-refractivity contribution in [2.45, 2.75) is 38.5 Å². The van der Waals surface area contributed by atoms with E-state index < -0.39 is 5.60 Å². The first-order chi connectivity index (χ1) is 11.4. The van der Waals surface area contributed by atoms with E-state index in [4.69, 9.17) is 4.74 Å². The van der Waals surface area contributed by atoms with Crippen LogP contribution in [0.3, 0.4) is 0 Å². The number of aliphatic hydroxyl groups is 1. The lowest BCUT2D eigenvalue weighted by atomic mass is 10.00. The molecule has 1 aromatic carbocycles. The van der Waals surface area contributed by atoms with E-state index in [9.17, 15) is 9.50 Å².